The lowest BCUT2D eigenvalue weighted by Gasteiger charge is -2.48. The van der Waals surface area contributed by atoms with E-state index in [2.05, 4.69) is 30.7 Å². The number of ether oxygens (including phenoxy) is 1. The molecule has 1 saturated carbocycles. The Kier molecular flexibility index (Phi) is 8.98. The third-order valence-corrected chi connectivity index (χ3v) is 9.77. The summed E-state index contributed by atoms with van der Waals surface area (Å²) >= 11 is 6.55. The number of hydrogen-bond donors (Lipinski definition) is 3. The molecule has 11 nitrogen and oxygen atoms in total. The predicted molar refractivity (Wildman–Crippen MR) is 174 cm³/mol. The highest BCUT2D eigenvalue weighted by Crippen LogP contribution is 2.42. The van der Waals surface area contributed by atoms with Crippen LogP contribution in [0.3, 0.4) is 0 Å². The number of piperazine rings is 1. The van der Waals surface area contributed by atoms with E-state index in [1.165, 1.54) is 52.4 Å². The second kappa shape index (κ2) is 12.9. The molecule has 4 heterocycles. The van der Waals surface area contributed by atoms with Crippen molar-refractivity contribution in [3.8, 4) is 5.75 Å². The molecule has 2 saturated heterocycles. The second-order valence-electron chi connectivity index (χ2n) is 12.8. The maximum absolute atomic E-state index is 13.1. The maximum atomic E-state index is 13.1. The number of pyridine rings is 1. The predicted octanol–water partition coefficient (Wildman–Crippen LogP) is 3.80. The number of aromatic nitrogens is 3. The standard InChI is InChI=1S/C32H43ClN8O3/c1-21(2)41-26-5-4-24(14-23(26)15-27(30(41)43)44-18-28(42)34-3)37-29-25(33)16-36-31(38-29)40-12-10-39(11-13-40)17-22-6-8-32(9-7-22)19-35-20-32/h4-5,14-16,21-22,35H,6-13,17-20H2,1-3H3,(H,34,42)(H,36,37,38). The molecule has 1 amide bonds. The number of rotatable bonds is 9. The summed E-state index contributed by atoms with van der Waals surface area (Å²) in [5.41, 5.74) is 1.86. The fourth-order valence-corrected chi connectivity index (χ4v) is 6.90. The zero-order chi connectivity index (χ0) is 30.8. The van der Waals surface area contributed by atoms with Gasteiger partial charge in [-0.3, -0.25) is 14.5 Å². The van der Waals surface area contributed by atoms with Crippen LogP contribution in [0.4, 0.5) is 17.5 Å². The summed E-state index contributed by atoms with van der Waals surface area (Å²) in [6, 6.07) is 7.29. The van der Waals surface area contributed by atoms with Gasteiger partial charge in [0.05, 0.1) is 11.7 Å². The van der Waals surface area contributed by atoms with Gasteiger partial charge < -0.3 is 30.2 Å². The Morgan fingerprint density at radius 2 is 1.91 bits per heavy atom. The van der Waals surface area contributed by atoms with E-state index in [0.717, 1.165) is 48.7 Å². The van der Waals surface area contributed by atoms with Crippen molar-refractivity contribution in [3.63, 3.8) is 0 Å². The van der Waals surface area contributed by atoms with E-state index < -0.39 is 0 Å². The molecule has 44 heavy (non-hydrogen) atoms. The molecular formula is C32H43ClN8O3. The van der Waals surface area contributed by atoms with Crippen LogP contribution in [0.1, 0.15) is 45.6 Å². The van der Waals surface area contributed by atoms with Gasteiger partial charge in [0, 0.05) is 70.0 Å². The van der Waals surface area contributed by atoms with Crippen LogP contribution in [0.25, 0.3) is 10.9 Å². The van der Waals surface area contributed by atoms with Crippen molar-refractivity contribution in [2.24, 2.45) is 11.3 Å². The number of fused-ring (bicyclic) bond motifs is 1. The first-order valence-electron chi connectivity index (χ1n) is 15.7. The minimum absolute atomic E-state index is 0.105. The lowest BCUT2D eigenvalue weighted by molar-refractivity contribution is -0.122. The Morgan fingerprint density at radius 3 is 2.57 bits per heavy atom. The van der Waals surface area contributed by atoms with Crippen molar-refractivity contribution < 1.29 is 9.53 Å². The molecule has 0 bridgehead atoms. The lowest BCUT2D eigenvalue weighted by atomic mass is 9.67. The van der Waals surface area contributed by atoms with Gasteiger partial charge in [0.2, 0.25) is 5.95 Å². The molecule has 1 aromatic carbocycles. The molecule has 2 aliphatic heterocycles. The third-order valence-electron chi connectivity index (χ3n) is 9.49. The quantitative estimate of drug-likeness (QED) is 0.328. The number of carbonyl (C=O) groups excluding carboxylic acids is 1. The Hall–Kier alpha value is -3.41. The molecule has 236 valence electrons. The minimum atomic E-state index is -0.310. The van der Waals surface area contributed by atoms with Crippen LogP contribution in [0.15, 0.2) is 35.3 Å². The topological polar surface area (TPSA) is 117 Å². The van der Waals surface area contributed by atoms with Crippen LogP contribution in [-0.2, 0) is 4.79 Å². The third kappa shape index (κ3) is 6.50. The van der Waals surface area contributed by atoms with Crippen molar-refractivity contribution in [1.82, 2.24) is 30.1 Å². The van der Waals surface area contributed by atoms with Crippen molar-refractivity contribution in [2.45, 2.75) is 45.6 Å². The number of hydrogen-bond acceptors (Lipinski definition) is 9. The molecule has 6 rings (SSSR count). The van der Waals surface area contributed by atoms with Crippen LogP contribution in [0, 0.1) is 11.3 Å². The van der Waals surface area contributed by atoms with Gasteiger partial charge in [-0.25, -0.2) is 4.98 Å². The molecule has 2 aromatic heterocycles. The van der Waals surface area contributed by atoms with E-state index in [1.54, 1.807) is 16.8 Å². The van der Waals surface area contributed by atoms with Crippen LogP contribution in [0.2, 0.25) is 5.02 Å². The monoisotopic (exact) mass is 622 g/mol. The van der Waals surface area contributed by atoms with Gasteiger partial charge in [-0.1, -0.05) is 11.6 Å². The van der Waals surface area contributed by atoms with Gasteiger partial charge in [0.25, 0.3) is 11.5 Å². The van der Waals surface area contributed by atoms with Crippen molar-refractivity contribution in [2.75, 3.05) is 69.7 Å². The molecule has 3 aliphatic rings. The summed E-state index contributed by atoms with van der Waals surface area (Å²) in [7, 11) is 1.53. The number of anilines is 3. The average Bonchev–Trinajstić information content (AvgIpc) is 3.01. The van der Waals surface area contributed by atoms with E-state index in [-0.39, 0.29) is 29.9 Å². The Balaban J connectivity index is 1.13. The summed E-state index contributed by atoms with van der Waals surface area (Å²) in [4.78, 5) is 39.1. The normalized spacial score (nSPS) is 18.9. The Bertz CT molecular complexity index is 1560. The number of amides is 1. The number of likely N-dealkylation sites (N-methyl/N-ethyl adjacent to an activating group) is 1. The number of carbonyl (C=O) groups is 1. The van der Waals surface area contributed by atoms with Gasteiger partial charge in [0.1, 0.15) is 5.02 Å². The first-order chi connectivity index (χ1) is 21.2. The maximum Gasteiger partial charge on any atom is 0.293 e. The van der Waals surface area contributed by atoms with E-state index >= 15 is 0 Å². The van der Waals surface area contributed by atoms with E-state index in [9.17, 15) is 9.59 Å². The van der Waals surface area contributed by atoms with Gasteiger partial charge in [-0.2, -0.15) is 4.98 Å². The SMILES string of the molecule is CNC(=O)COc1cc2cc(Nc3nc(N4CCN(CC5CCC6(CC5)CNC6)CC4)ncc3Cl)ccc2n(C(C)C)c1=O. The van der Waals surface area contributed by atoms with Gasteiger partial charge >= 0.3 is 0 Å². The smallest absolute Gasteiger partial charge is 0.293 e. The number of benzene rings is 1. The highest BCUT2D eigenvalue weighted by Gasteiger charge is 2.40. The summed E-state index contributed by atoms with van der Waals surface area (Å²) in [5.74, 6) is 1.80. The largest absolute Gasteiger partial charge is 0.478 e. The second-order valence-corrected chi connectivity index (χ2v) is 13.2. The molecule has 3 aromatic rings. The highest BCUT2D eigenvalue weighted by atomic mass is 35.5. The fourth-order valence-electron chi connectivity index (χ4n) is 6.76. The first kappa shape index (κ1) is 30.6. The summed E-state index contributed by atoms with van der Waals surface area (Å²) in [6.07, 6.45) is 7.10. The summed E-state index contributed by atoms with van der Waals surface area (Å²) in [5, 5.41) is 10.5. The lowest BCUT2D eigenvalue weighted by Crippen LogP contribution is -2.55. The van der Waals surface area contributed by atoms with Crippen LogP contribution in [-0.4, -0.2) is 84.8 Å². The molecule has 0 atom stereocenters. The van der Waals surface area contributed by atoms with E-state index in [4.69, 9.17) is 21.3 Å². The molecule has 1 spiro atoms. The highest BCUT2D eigenvalue weighted by molar-refractivity contribution is 6.32. The molecule has 0 radical (unpaired) electrons. The molecule has 3 N–H and O–H groups in total. The average molecular weight is 623 g/mol. The molecule has 0 unspecified atom stereocenters. The fraction of sp³-hybridized carbons (Fsp3) is 0.562. The van der Waals surface area contributed by atoms with Gasteiger partial charge in [-0.05, 0) is 75.1 Å². The number of nitrogens with one attached hydrogen (secondary N) is 3. The minimum Gasteiger partial charge on any atom is -0.478 e. The van der Waals surface area contributed by atoms with Crippen molar-refractivity contribution >= 4 is 45.9 Å². The zero-order valence-electron chi connectivity index (χ0n) is 25.9. The Labute approximate surface area is 263 Å². The van der Waals surface area contributed by atoms with E-state index in [1.807, 2.05) is 32.0 Å². The summed E-state index contributed by atoms with van der Waals surface area (Å²) in [6.45, 7) is 11.0. The number of nitrogens with zero attached hydrogens (tertiary/aromatic N) is 5. The van der Waals surface area contributed by atoms with Crippen molar-refractivity contribution in [1.29, 1.82) is 0 Å². The Morgan fingerprint density at radius 1 is 1.16 bits per heavy atom. The van der Waals surface area contributed by atoms with Crippen molar-refractivity contribution in [3.05, 3.63) is 45.8 Å². The molecule has 12 heteroatoms. The van der Waals surface area contributed by atoms with Crippen LogP contribution >= 0.6 is 11.6 Å². The number of halogens is 1. The molecule has 3 fully saturated rings. The van der Waals surface area contributed by atoms with Crippen LogP contribution < -0.4 is 31.1 Å². The molecule has 1 aliphatic carbocycles. The van der Waals surface area contributed by atoms with Gasteiger partial charge in [0.15, 0.2) is 18.2 Å². The van der Waals surface area contributed by atoms with Crippen LogP contribution in [0.5, 0.6) is 5.75 Å². The molecular weight excluding hydrogens is 580 g/mol. The first-order valence-corrected chi connectivity index (χ1v) is 16.1. The zero-order valence-corrected chi connectivity index (χ0v) is 26.6. The summed E-state index contributed by atoms with van der Waals surface area (Å²) < 4.78 is 7.27. The van der Waals surface area contributed by atoms with Gasteiger partial charge in [-0.15, -0.1) is 0 Å². The van der Waals surface area contributed by atoms with E-state index in [0.29, 0.717) is 22.2 Å².